The summed E-state index contributed by atoms with van der Waals surface area (Å²) < 4.78 is 1.51. The van der Waals surface area contributed by atoms with Crippen LogP contribution in [0.15, 0.2) is 24.5 Å². The highest BCUT2D eigenvalue weighted by molar-refractivity contribution is 6.02. The van der Waals surface area contributed by atoms with Gasteiger partial charge in [-0.25, -0.2) is 9.67 Å². The van der Waals surface area contributed by atoms with Crippen LogP contribution in [0.1, 0.15) is 24.4 Å². The number of likely N-dealkylation sites (N-methyl/N-ethyl adjacent to an activating group) is 1. The van der Waals surface area contributed by atoms with E-state index < -0.39 is 0 Å². The van der Waals surface area contributed by atoms with Crippen LogP contribution in [0.4, 0.5) is 5.69 Å². The molecule has 100 valence electrons. The molecule has 1 aliphatic heterocycles. The number of rotatable bonds is 3. The highest BCUT2D eigenvalue weighted by Crippen LogP contribution is 2.32. The van der Waals surface area contributed by atoms with Crippen LogP contribution < -0.4 is 10.6 Å². The lowest BCUT2D eigenvalue weighted by Gasteiger charge is -2.09. The lowest BCUT2D eigenvalue weighted by Crippen LogP contribution is -2.27. The fourth-order valence-electron chi connectivity index (χ4n) is 2.24. The van der Waals surface area contributed by atoms with Crippen LogP contribution in [-0.2, 0) is 4.79 Å². The molecule has 2 N–H and O–H groups in total. The molecule has 2 aromatic rings. The molecule has 0 radical (unpaired) electrons. The van der Waals surface area contributed by atoms with Crippen LogP contribution >= 0.6 is 0 Å². The van der Waals surface area contributed by atoms with E-state index in [-0.39, 0.29) is 17.8 Å². The Hall–Kier alpha value is -2.72. The summed E-state index contributed by atoms with van der Waals surface area (Å²) in [6, 6.07) is 7.11. The Morgan fingerprint density at radius 3 is 3.10 bits per heavy atom. The average molecular weight is 268 g/mol. The molecule has 3 rings (SSSR count). The first-order valence-electron chi connectivity index (χ1n) is 6.23. The molecule has 0 saturated carbocycles. The molecule has 20 heavy (non-hydrogen) atoms. The van der Waals surface area contributed by atoms with E-state index in [9.17, 15) is 4.79 Å². The highest BCUT2D eigenvalue weighted by atomic mass is 16.2. The summed E-state index contributed by atoms with van der Waals surface area (Å²) in [6.07, 6.45) is 1.47. The third-order valence-electron chi connectivity index (χ3n) is 3.13. The molecule has 1 atom stereocenters. The van der Waals surface area contributed by atoms with E-state index in [0.29, 0.717) is 6.54 Å². The van der Waals surface area contributed by atoms with E-state index in [0.717, 1.165) is 16.9 Å². The van der Waals surface area contributed by atoms with Gasteiger partial charge >= 0.3 is 0 Å². The van der Waals surface area contributed by atoms with Crippen LogP contribution in [-0.4, -0.2) is 27.2 Å². The predicted octanol–water partition coefficient (Wildman–Crippen LogP) is 0.742. The molecular weight excluding hydrogens is 256 g/mol. The Morgan fingerprint density at radius 1 is 1.55 bits per heavy atom. The minimum absolute atomic E-state index is 0.0599. The highest BCUT2D eigenvalue weighted by Gasteiger charge is 2.29. The van der Waals surface area contributed by atoms with Gasteiger partial charge in [0.2, 0.25) is 5.91 Å². The van der Waals surface area contributed by atoms with Gasteiger partial charge in [0.05, 0.1) is 5.69 Å². The van der Waals surface area contributed by atoms with E-state index >= 15 is 0 Å². The second kappa shape index (κ2) is 4.75. The first-order valence-corrected chi connectivity index (χ1v) is 6.23. The maximum Gasteiger partial charge on any atom is 0.252 e. The second-order valence-electron chi connectivity index (χ2n) is 4.38. The monoisotopic (exact) mass is 268 g/mol. The summed E-state index contributed by atoms with van der Waals surface area (Å²) in [5.74, 6) is 0.0513. The predicted molar refractivity (Wildman–Crippen MR) is 71.1 cm³/mol. The molecule has 7 heteroatoms. The van der Waals surface area contributed by atoms with Gasteiger partial charge in [0.15, 0.2) is 0 Å². The van der Waals surface area contributed by atoms with Crippen LogP contribution in [0, 0.1) is 11.3 Å². The molecule has 0 aliphatic carbocycles. The van der Waals surface area contributed by atoms with Gasteiger partial charge in [0, 0.05) is 11.3 Å². The molecule has 0 bridgehead atoms. The Kier molecular flexibility index (Phi) is 2.93. The zero-order chi connectivity index (χ0) is 14.1. The minimum atomic E-state index is -0.311. The quantitative estimate of drug-likeness (QED) is 0.856. The van der Waals surface area contributed by atoms with Crippen LogP contribution in [0.3, 0.4) is 0 Å². The van der Waals surface area contributed by atoms with Gasteiger partial charge in [-0.3, -0.25) is 4.79 Å². The summed E-state index contributed by atoms with van der Waals surface area (Å²) >= 11 is 0. The van der Waals surface area contributed by atoms with Crippen molar-refractivity contribution in [2.75, 3.05) is 11.9 Å². The third-order valence-corrected chi connectivity index (χ3v) is 3.13. The average Bonchev–Trinajstić information content (AvgIpc) is 3.04. The second-order valence-corrected chi connectivity index (χ2v) is 4.38. The first-order chi connectivity index (χ1) is 9.72. The molecule has 1 amide bonds. The number of carbonyl (C=O) groups excluding carboxylic acids is 1. The Balaban J connectivity index is 1.97. The standard InChI is InChI=1S/C13H12N6O/c1-2-15-12-9-4-3-8(5-10(9)17-13(12)20)19-7-16-11(6-14)18-19/h3-5,7,12,15H,2H2,1H3,(H,17,20). The fraction of sp³-hybridized carbons (Fsp3) is 0.231. The Morgan fingerprint density at radius 2 is 2.40 bits per heavy atom. The van der Waals surface area contributed by atoms with Gasteiger partial charge in [0.25, 0.3) is 5.82 Å². The van der Waals surface area contributed by atoms with E-state index in [1.165, 1.54) is 11.0 Å². The summed E-state index contributed by atoms with van der Waals surface area (Å²) in [5, 5.41) is 18.7. The Labute approximate surface area is 115 Å². The van der Waals surface area contributed by atoms with E-state index in [1.54, 1.807) is 0 Å². The van der Waals surface area contributed by atoms with Crippen molar-refractivity contribution in [1.82, 2.24) is 20.1 Å². The number of aromatic nitrogens is 3. The Bertz CT molecular complexity index is 714. The summed E-state index contributed by atoms with van der Waals surface area (Å²) in [7, 11) is 0. The summed E-state index contributed by atoms with van der Waals surface area (Å²) in [6.45, 7) is 2.67. The van der Waals surface area contributed by atoms with E-state index in [2.05, 4.69) is 20.7 Å². The molecule has 0 spiro atoms. The van der Waals surface area contributed by atoms with Crippen molar-refractivity contribution >= 4 is 11.6 Å². The van der Waals surface area contributed by atoms with Gasteiger partial charge in [-0.05, 0) is 18.7 Å². The zero-order valence-corrected chi connectivity index (χ0v) is 10.8. The number of nitrogens with one attached hydrogen (secondary N) is 2. The number of benzene rings is 1. The van der Waals surface area contributed by atoms with Crippen LogP contribution in [0.5, 0.6) is 0 Å². The fourth-order valence-corrected chi connectivity index (χ4v) is 2.24. The molecule has 7 nitrogen and oxygen atoms in total. The molecule has 1 aromatic carbocycles. The molecular formula is C13H12N6O. The third kappa shape index (κ3) is 1.92. The molecule has 2 heterocycles. The molecule has 1 aromatic heterocycles. The number of carbonyl (C=O) groups is 1. The lowest BCUT2D eigenvalue weighted by molar-refractivity contribution is -0.117. The summed E-state index contributed by atoms with van der Waals surface area (Å²) in [5.41, 5.74) is 2.42. The SMILES string of the molecule is CCNC1C(=O)Nc2cc(-n3cnc(C#N)n3)ccc21. The minimum Gasteiger partial charge on any atom is -0.324 e. The maximum absolute atomic E-state index is 11.9. The van der Waals surface area contributed by atoms with Crippen molar-refractivity contribution in [1.29, 1.82) is 5.26 Å². The van der Waals surface area contributed by atoms with Gasteiger partial charge < -0.3 is 10.6 Å². The number of hydrogen-bond acceptors (Lipinski definition) is 5. The smallest absolute Gasteiger partial charge is 0.252 e. The number of fused-ring (bicyclic) bond motifs is 1. The van der Waals surface area contributed by atoms with Crippen LogP contribution in [0.25, 0.3) is 5.69 Å². The van der Waals surface area contributed by atoms with Crippen molar-refractivity contribution in [2.24, 2.45) is 0 Å². The van der Waals surface area contributed by atoms with Crippen molar-refractivity contribution in [3.63, 3.8) is 0 Å². The maximum atomic E-state index is 11.9. The number of nitriles is 1. The van der Waals surface area contributed by atoms with Crippen molar-refractivity contribution < 1.29 is 4.79 Å². The molecule has 0 saturated heterocycles. The van der Waals surface area contributed by atoms with Gasteiger partial charge in [-0.1, -0.05) is 13.0 Å². The first kappa shape index (κ1) is 12.3. The van der Waals surface area contributed by atoms with E-state index in [4.69, 9.17) is 5.26 Å². The van der Waals surface area contributed by atoms with Crippen molar-refractivity contribution in [3.05, 3.63) is 35.9 Å². The van der Waals surface area contributed by atoms with E-state index in [1.807, 2.05) is 31.2 Å². The number of amides is 1. The largest absolute Gasteiger partial charge is 0.324 e. The normalized spacial score (nSPS) is 16.6. The molecule has 1 aliphatic rings. The van der Waals surface area contributed by atoms with Crippen molar-refractivity contribution in [3.8, 4) is 11.8 Å². The number of anilines is 1. The number of hydrogen-bond donors (Lipinski definition) is 2. The lowest BCUT2D eigenvalue weighted by atomic mass is 10.1. The van der Waals surface area contributed by atoms with Gasteiger partial charge in [0.1, 0.15) is 18.4 Å². The summed E-state index contributed by atoms with van der Waals surface area (Å²) in [4.78, 5) is 15.7. The molecule has 1 unspecified atom stereocenters. The zero-order valence-electron chi connectivity index (χ0n) is 10.8. The van der Waals surface area contributed by atoms with Gasteiger partial charge in [-0.15, -0.1) is 5.10 Å². The topological polar surface area (TPSA) is 95.6 Å². The van der Waals surface area contributed by atoms with Crippen molar-refractivity contribution in [2.45, 2.75) is 13.0 Å². The number of nitrogens with zero attached hydrogens (tertiary/aromatic N) is 4. The van der Waals surface area contributed by atoms with Gasteiger partial charge in [-0.2, -0.15) is 5.26 Å². The molecule has 0 fully saturated rings. The van der Waals surface area contributed by atoms with Crippen LogP contribution in [0.2, 0.25) is 0 Å².